The molecule has 3 rings (SSSR count). The summed E-state index contributed by atoms with van der Waals surface area (Å²) in [5, 5.41) is 9.34. The van der Waals surface area contributed by atoms with Crippen molar-refractivity contribution in [2.45, 2.75) is 17.7 Å². The summed E-state index contributed by atoms with van der Waals surface area (Å²) in [6.07, 6.45) is 1.73. The fourth-order valence-corrected chi connectivity index (χ4v) is 4.48. The minimum absolute atomic E-state index is 0.0342. The van der Waals surface area contributed by atoms with Gasteiger partial charge in [0.05, 0.1) is 4.90 Å². The summed E-state index contributed by atoms with van der Waals surface area (Å²) in [7, 11) is -3.80. The number of nitrogens with zero attached hydrogens (tertiary/aromatic N) is 1. The number of sulfonamides is 1. The Morgan fingerprint density at radius 1 is 1.22 bits per heavy atom. The topological polar surface area (TPSA) is 86.7 Å². The molecular weight excluding hydrogens is 432 g/mol. The van der Waals surface area contributed by atoms with Crippen molar-refractivity contribution in [1.29, 1.82) is 0 Å². The SMILES string of the molecule is O=C(c1cccc(S(=O)(=O)Nc2ccc(Br)cc2)c1)N1CCCC(CO)C1. The largest absolute Gasteiger partial charge is 0.396 e. The predicted octanol–water partition coefficient (Wildman–Crippen LogP) is 3.09. The van der Waals surface area contributed by atoms with Gasteiger partial charge in [0.1, 0.15) is 0 Å². The molecule has 0 radical (unpaired) electrons. The van der Waals surface area contributed by atoms with E-state index < -0.39 is 10.0 Å². The van der Waals surface area contributed by atoms with Crippen molar-refractivity contribution in [1.82, 2.24) is 4.90 Å². The second-order valence-electron chi connectivity index (χ2n) is 6.58. The van der Waals surface area contributed by atoms with Gasteiger partial charge in [-0.3, -0.25) is 9.52 Å². The van der Waals surface area contributed by atoms with Gasteiger partial charge in [0.15, 0.2) is 0 Å². The number of hydrogen-bond acceptors (Lipinski definition) is 4. The molecule has 1 unspecified atom stereocenters. The number of hydrogen-bond donors (Lipinski definition) is 2. The van der Waals surface area contributed by atoms with Gasteiger partial charge in [0, 0.05) is 35.4 Å². The molecule has 144 valence electrons. The van der Waals surface area contributed by atoms with Crippen LogP contribution < -0.4 is 4.72 Å². The molecular formula is C19H21BrN2O4S. The maximum Gasteiger partial charge on any atom is 0.261 e. The highest BCUT2D eigenvalue weighted by Gasteiger charge is 2.25. The molecule has 6 nitrogen and oxygen atoms in total. The van der Waals surface area contributed by atoms with Crippen molar-refractivity contribution in [3.8, 4) is 0 Å². The standard InChI is InChI=1S/C19H21BrN2O4S/c20-16-6-8-17(9-7-16)21-27(25,26)18-5-1-4-15(11-18)19(24)22-10-2-3-14(12-22)13-23/h1,4-9,11,14,21,23H,2-3,10,12-13H2. The Morgan fingerprint density at radius 3 is 2.67 bits per heavy atom. The number of benzene rings is 2. The van der Waals surface area contributed by atoms with Crippen molar-refractivity contribution in [2.75, 3.05) is 24.4 Å². The fourth-order valence-electron chi connectivity index (χ4n) is 3.11. The smallest absolute Gasteiger partial charge is 0.261 e. The number of nitrogens with one attached hydrogen (secondary N) is 1. The number of rotatable bonds is 5. The molecule has 2 aromatic rings. The number of aliphatic hydroxyl groups excluding tert-OH is 1. The third kappa shape index (κ3) is 4.88. The molecule has 2 N–H and O–H groups in total. The van der Waals surface area contributed by atoms with E-state index in [1.165, 1.54) is 12.1 Å². The Balaban J connectivity index is 1.79. The number of anilines is 1. The summed E-state index contributed by atoms with van der Waals surface area (Å²) in [5.41, 5.74) is 0.768. The molecule has 27 heavy (non-hydrogen) atoms. The molecule has 1 aliphatic rings. The normalized spacial score (nSPS) is 17.6. The lowest BCUT2D eigenvalue weighted by Crippen LogP contribution is -2.41. The summed E-state index contributed by atoms with van der Waals surface area (Å²) < 4.78 is 28.7. The van der Waals surface area contributed by atoms with Gasteiger partial charge in [-0.2, -0.15) is 0 Å². The first-order valence-electron chi connectivity index (χ1n) is 8.67. The summed E-state index contributed by atoms with van der Waals surface area (Å²) in [6.45, 7) is 1.15. The van der Waals surface area contributed by atoms with E-state index in [2.05, 4.69) is 20.7 Å². The van der Waals surface area contributed by atoms with Gasteiger partial charge in [-0.05, 0) is 61.2 Å². The maximum absolute atomic E-state index is 12.8. The number of aliphatic hydroxyl groups is 1. The first kappa shape index (κ1) is 19.9. The van der Waals surface area contributed by atoms with Gasteiger partial charge in [-0.15, -0.1) is 0 Å². The molecule has 0 spiro atoms. The van der Waals surface area contributed by atoms with Crippen LogP contribution in [0.25, 0.3) is 0 Å². The molecule has 2 aromatic carbocycles. The summed E-state index contributed by atoms with van der Waals surface area (Å²) in [4.78, 5) is 14.5. The molecule has 1 heterocycles. The van der Waals surface area contributed by atoms with Crippen molar-refractivity contribution in [3.63, 3.8) is 0 Å². The quantitative estimate of drug-likeness (QED) is 0.729. The van der Waals surface area contributed by atoms with Crippen LogP contribution >= 0.6 is 15.9 Å². The van der Waals surface area contributed by atoms with Crippen LogP contribution in [0.5, 0.6) is 0 Å². The zero-order valence-electron chi connectivity index (χ0n) is 14.6. The van der Waals surface area contributed by atoms with Crippen molar-refractivity contribution >= 4 is 37.5 Å². The molecule has 0 saturated carbocycles. The molecule has 1 aliphatic heterocycles. The Kier molecular flexibility index (Phi) is 6.18. The molecule has 0 aliphatic carbocycles. The predicted molar refractivity (Wildman–Crippen MR) is 107 cm³/mol. The van der Waals surface area contributed by atoms with E-state index in [4.69, 9.17) is 0 Å². The van der Waals surface area contributed by atoms with Crippen LogP contribution in [0.2, 0.25) is 0 Å². The average molecular weight is 453 g/mol. The lowest BCUT2D eigenvalue weighted by molar-refractivity contribution is 0.0620. The first-order chi connectivity index (χ1) is 12.9. The summed E-state index contributed by atoms with van der Waals surface area (Å²) in [6, 6.07) is 12.8. The highest BCUT2D eigenvalue weighted by molar-refractivity contribution is 9.10. The Labute approximate surface area is 167 Å². The number of halogens is 1. The van der Waals surface area contributed by atoms with E-state index in [-0.39, 0.29) is 23.3 Å². The number of likely N-dealkylation sites (tertiary alicyclic amines) is 1. The van der Waals surface area contributed by atoms with Crippen LogP contribution in [-0.4, -0.2) is 44.0 Å². The van der Waals surface area contributed by atoms with Gasteiger partial charge < -0.3 is 10.0 Å². The molecule has 1 fully saturated rings. The molecule has 1 atom stereocenters. The summed E-state index contributed by atoms with van der Waals surface area (Å²) >= 11 is 3.31. The fraction of sp³-hybridized carbons (Fsp3) is 0.316. The Bertz CT molecular complexity index is 916. The number of piperidine rings is 1. The van der Waals surface area contributed by atoms with Gasteiger partial charge in [-0.25, -0.2) is 8.42 Å². The van der Waals surface area contributed by atoms with Crippen LogP contribution in [0.1, 0.15) is 23.2 Å². The van der Waals surface area contributed by atoms with Crippen LogP contribution in [0, 0.1) is 5.92 Å². The van der Waals surface area contributed by atoms with E-state index in [1.54, 1.807) is 41.3 Å². The zero-order chi connectivity index (χ0) is 19.4. The first-order valence-corrected chi connectivity index (χ1v) is 11.0. The minimum Gasteiger partial charge on any atom is -0.396 e. The van der Waals surface area contributed by atoms with Crippen LogP contribution in [-0.2, 0) is 10.0 Å². The van der Waals surface area contributed by atoms with Crippen LogP contribution in [0.3, 0.4) is 0 Å². The van der Waals surface area contributed by atoms with Gasteiger partial charge in [0.25, 0.3) is 15.9 Å². The van der Waals surface area contributed by atoms with Crippen molar-refractivity contribution in [2.24, 2.45) is 5.92 Å². The van der Waals surface area contributed by atoms with Crippen LogP contribution in [0.4, 0.5) is 5.69 Å². The van der Waals surface area contributed by atoms with Crippen LogP contribution in [0.15, 0.2) is 57.9 Å². The summed E-state index contributed by atoms with van der Waals surface area (Å²) in [5.74, 6) is -0.137. The van der Waals surface area contributed by atoms with E-state index in [9.17, 15) is 18.3 Å². The maximum atomic E-state index is 12.8. The van der Waals surface area contributed by atoms with Gasteiger partial charge >= 0.3 is 0 Å². The Morgan fingerprint density at radius 2 is 1.96 bits per heavy atom. The second-order valence-corrected chi connectivity index (χ2v) is 9.18. The highest BCUT2D eigenvalue weighted by Crippen LogP contribution is 2.22. The third-order valence-electron chi connectivity index (χ3n) is 4.55. The second kappa shape index (κ2) is 8.41. The number of carbonyl (C=O) groups is 1. The van der Waals surface area contributed by atoms with Gasteiger partial charge in [-0.1, -0.05) is 22.0 Å². The monoisotopic (exact) mass is 452 g/mol. The molecule has 1 amide bonds. The van der Waals surface area contributed by atoms with E-state index in [0.29, 0.717) is 24.3 Å². The van der Waals surface area contributed by atoms with E-state index >= 15 is 0 Å². The molecule has 0 aromatic heterocycles. The molecule has 0 bridgehead atoms. The van der Waals surface area contributed by atoms with Gasteiger partial charge in [0.2, 0.25) is 0 Å². The third-order valence-corrected chi connectivity index (χ3v) is 6.46. The number of carbonyl (C=O) groups excluding carboxylic acids is 1. The Hall–Kier alpha value is -1.90. The lowest BCUT2D eigenvalue weighted by Gasteiger charge is -2.32. The molecule has 1 saturated heterocycles. The number of amides is 1. The van der Waals surface area contributed by atoms with Crippen molar-refractivity contribution in [3.05, 3.63) is 58.6 Å². The zero-order valence-corrected chi connectivity index (χ0v) is 17.0. The van der Waals surface area contributed by atoms with E-state index in [0.717, 1.165) is 17.3 Å². The highest BCUT2D eigenvalue weighted by atomic mass is 79.9. The van der Waals surface area contributed by atoms with E-state index in [1.807, 2.05) is 0 Å². The average Bonchev–Trinajstić information content (AvgIpc) is 2.69. The lowest BCUT2D eigenvalue weighted by atomic mass is 9.98. The molecule has 8 heteroatoms. The van der Waals surface area contributed by atoms with Crippen molar-refractivity contribution < 1.29 is 18.3 Å². The minimum atomic E-state index is -3.80.